The number of hydrogen-bond acceptors (Lipinski definition) is 1. The summed E-state index contributed by atoms with van der Waals surface area (Å²) >= 11 is 0. The quantitative estimate of drug-likeness (QED) is 0.163. The number of furan rings is 1. The maximum absolute atomic E-state index is 7.99. The molecule has 0 saturated heterocycles. The molecule has 5 rings (SSSR count). The zero-order chi connectivity index (χ0) is 23.3. The minimum absolute atomic E-state index is 0.575. The second-order valence-electron chi connectivity index (χ2n) is 9.71. The van der Waals surface area contributed by atoms with Crippen LogP contribution in [0.3, 0.4) is 0 Å². The lowest BCUT2D eigenvalue weighted by molar-refractivity contribution is -0.660. The second-order valence-corrected chi connectivity index (χ2v) is 14.8. The molecule has 2 aromatic heterocycles. The normalized spacial score (nSPS) is 11.8. The first kappa shape index (κ1) is 21.2. The Kier molecular flexibility index (Phi) is 4.95. The largest absolute Gasteiger partial charge is 0.466 e. The van der Waals surface area contributed by atoms with Crippen LogP contribution >= 0.6 is 0 Å². The fraction of sp³-hybridized carbons (Fsp3) is 0.172. The van der Waals surface area contributed by atoms with Gasteiger partial charge in [-0.2, -0.15) is 0 Å². The van der Waals surface area contributed by atoms with Gasteiger partial charge in [-0.1, -0.05) is 73.4 Å². The van der Waals surface area contributed by atoms with Crippen LogP contribution in [0, 0.1) is 13.5 Å². The molecule has 0 atom stereocenters. The predicted molar refractivity (Wildman–Crippen MR) is 140 cm³/mol. The SMILES string of the molecule is [C-]#[N+]c1c(-c2ccc([Si](C)(C)C)cc2)ccc2c1oc1c(-c3cccc[n+]3C)c(C)ccc12. The summed E-state index contributed by atoms with van der Waals surface area (Å²) < 4.78 is 8.62. The van der Waals surface area contributed by atoms with Gasteiger partial charge in [-0.25, -0.2) is 9.41 Å². The van der Waals surface area contributed by atoms with E-state index in [0.717, 1.165) is 44.3 Å². The number of benzene rings is 3. The first-order chi connectivity index (χ1) is 15.8. The summed E-state index contributed by atoms with van der Waals surface area (Å²) in [5.41, 5.74) is 7.36. The van der Waals surface area contributed by atoms with Gasteiger partial charge in [0.2, 0.25) is 11.4 Å². The molecule has 4 heteroatoms. The monoisotopic (exact) mass is 447 g/mol. The molecule has 0 fully saturated rings. The van der Waals surface area contributed by atoms with Gasteiger partial charge in [0, 0.05) is 22.9 Å². The van der Waals surface area contributed by atoms with E-state index >= 15 is 0 Å². The molecule has 0 aliphatic heterocycles. The Bertz CT molecular complexity index is 1560. The summed E-state index contributed by atoms with van der Waals surface area (Å²) in [4.78, 5) is 3.94. The molecule has 3 aromatic carbocycles. The molecule has 0 bridgehead atoms. The predicted octanol–water partition coefficient (Wildman–Crippen LogP) is 7.15. The van der Waals surface area contributed by atoms with Gasteiger partial charge >= 0.3 is 0 Å². The zero-order valence-corrected chi connectivity index (χ0v) is 20.7. The van der Waals surface area contributed by atoms with Gasteiger partial charge in [-0.3, -0.25) is 0 Å². The van der Waals surface area contributed by atoms with Crippen molar-refractivity contribution in [1.29, 1.82) is 0 Å². The highest BCUT2D eigenvalue weighted by Gasteiger charge is 2.23. The van der Waals surface area contributed by atoms with Gasteiger partial charge in [-0.15, -0.1) is 0 Å². The first-order valence-corrected chi connectivity index (χ1v) is 14.7. The summed E-state index contributed by atoms with van der Waals surface area (Å²) in [7, 11) is 0.670. The van der Waals surface area contributed by atoms with Crippen LogP contribution in [0.15, 0.2) is 77.3 Å². The number of fused-ring (bicyclic) bond motifs is 3. The van der Waals surface area contributed by atoms with Crippen LogP contribution in [0.1, 0.15) is 5.56 Å². The van der Waals surface area contributed by atoms with Crippen molar-refractivity contribution in [2.24, 2.45) is 7.05 Å². The summed E-state index contributed by atoms with van der Waals surface area (Å²) in [5, 5.41) is 3.44. The van der Waals surface area contributed by atoms with Crippen LogP contribution in [0.5, 0.6) is 0 Å². The molecule has 2 heterocycles. The molecule has 0 saturated carbocycles. The Morgan fingerprint density at radius 2 is 1.55 bits per heavy atom. The number of aromatic nitrogens is 1. The molecule has 0 spiro atoms. The lowest BCUT2D eigenvalue weighted by Crippen LogP contribution is -2.37. The van der Waals surface area contributed by atoms with Crippen molar-refractivity contribution >= 4 is 40.9 Å². The highest BCUT2D eigenvalue weighted by molar-refractivity contribution is 6.88. The standard InChI is InChI=1S/C29H27N2OSi/c1-19-10-15-23-24-17-16-22(20-11-13-21(14-12-20)33(4,5)6)27(30-2)29(24)32-28(23)26(19)25-9-7-8-18-31(25)3/h7-18H,1,3-6H3/q+1. The van der Waals surface area contributed by atoms with Crippen LogP contribution in [0.2, 0.25) is 19.6 Å². The summed E-state index contributed by atoms with van der Waals surface area (Å²) in [5.74, 6) is 0. The van der Waals surface area contributed by atoms with Crippen LogP contribution in [-0.2, 0) is 7.05 Å². The number of aryl methyl sites for hydroxylation is 2. The Morgan fingerprint density at radius 1 is 0.848 bits per heavy atom. The van der Waals surface area contributed by atoms with Crippen molar-refractivity contribution in [2.75, 3.05) is 0 Å². The third-order valence-corrected chi connectivity index (χ3v) is 8.54. The molecular weight excluding hydrogens is 420 g/mol. The second kappa shape index (κ2) is 7.72. The maximum Gasteiger partial charge on any atom is 0.237 e. The Balaban J connectivity index is 1.77. The molecule has 0 aliphatic carbocycles. The van der Waals surface area contributed by atoms with Gasteiger partial charge in [0.05, 0.1) is 20.2 Å². The summed E-state index contributed by atoms with van der Waals surface area (Å²) in [6.07, 6.45) is 2.04. The number of rotatable bonds is 3. The molecule has 5 aromatic rings. The number of hydrogen-bond donors (Lipinski definition) is 0. The molecule has 33 heavy (non-hydrogen) atoms. The Hall–Kier alpha value is -3.68. The Morgan fingerprint density at radius 3 is 2.21 bits per heavy atom. The topological polar surface area (TPSA) is 21.4 Å². The van der Waals surface area contributed by atoms with Gasteiger partial charge in [0.15, 0.2) is 6.20 Å². The van der Waals surface area contributed by atoms with E-state index in [4.69, 9.17) is 11.0 Å². The van der Waals surface area contributed by atoms with Crippen molar-refractivity contribution in [2.45, 2.75) is 26.6 Å². The summed E-state index contributed by atoms with van der Waals surface area (Å²) in [6.45, 7) is 17.1. The third-order valence-electron chi connectivity index (χ3n) is 6.48. The van der Waals surface area contributed by atoms with E-state index in [9.17, 15) is 0 Å². The molecule has 0 radical (unpaired) electrons. The molecule has 0 aliphatic rings. The van der Waals surface area contributed by atoms with Gasteiger partial charge in [0.1, 0.15) is 18.2 Å². The van der Waals surface area contributed by atoms with E-state index in [-0.39, 0.29) is 0 Å². The van der Waals surface area contributed by atoms with Crippen molar-refractivity contribution in [3.05, 3.63) is 89.9 Å². The third kappa shape index (κ3) is 3.46. The average Bonchev–Trinajstić information content (AvgIpc) is 3.17. The molecule has 162 valence electrons. The first-order valence-electron chi connectivity index (χ1n) is 11.2. The molecule has 0 unspecified atom stereocenters. The van der Waals surface area contributed by atoms with E-state index in [1.54, 1.807) is 0 Å². The fourth-order valence-electron chi connectivity index (χ4n) is 4.58. The van der Waals surface area contributed by atoms with Gasteiger partial charge < -0.3 is 4.42 Å². The molecular formula is C29H27N2OSi+. The number of nitrogens with zero attached hydrogens (tertiary/aromatic N) is 2. The highest BCUT2D eigenvalue weighted by Crippen LogP contribution is 2.44. The van der Waals surface area contributed by atoms with Crippen LogP contribution in [-0.4, -0.2) is 8.07 Å². The molecule has 0 amide bonds. The highest BCUT2D eigenvalue weighted by atomic mass is 28.3. The van der Waals surface area contributed by atoms with E-state index < -0.39 is 8.07 Å². The minimum Gasteiger partial charge on any atom is -0.466 e. The van der Waals surface area contributed by atoms with E-state index in [2.05, 4.69) is 90.6 Å². The van der Waals surface area contributed by atoms with Crippen molar-refractivity contribution in [1.82, 2.24) is 0 Å². The minimum atomic E-state index is -1.37. The lowest BCUT2D eigenvalue weighted by Gasteiger charge is -2.17. The lowest BCUT2D eigenvalue weighted by atomic mass is 9.98. The van der Waals surface area contributed by atoms with Gasteiger partial charge in [-0.05, 0) is 29.7 Å². The Labute approximate surface area is 195 Å². The van der Waals surface area contributed by atoms with Crippen LogP contribution in [0.4, 0.5) is 5.69 Å². The van der Waals surface area contributed by atoms with Gasteiger partial charge in [0.25, 0.3) is 0 Å². The zero-order valence-electron chi connectivity index (χ0n) is 19.7. The van der Waals surface area contributed by atoms with Crippen molar-refractivity contribution < 1.29 is 8.98 Å². The van der Waals surface area contributed by atoms with E-state index in [0.29, 0.717) is 11.3 Å². The number of pyridine rings is 1. The van der Waals surface area contributed by atoms with E-state index in [1.165, 1.54) is 5.19 Å². The average molecular weight is 448 g/mol. The summed E-state index contributed by atoms with van der Waals surface area (Å²) in [6, 6.07) is 23.3. The fourth-order valence-corrected chi connectivity index (χ4v) is 5.75. The van der Waals surface area contributed by atoms with Crippen molar-refractivity contribution in [3.8, 4) is 22.4 Å². The van der Waals surface area contributed by atoms with E-state index in [1.807, 2.05) is 25.4 Å². The molecule has 0 N–H and O–H groups in total. The van der Waals surface area contributed by atoms with Crippen molar-refractivity contribution in [3.63, 3.8) is 0 Å². The smallest absolute Gasteiger partial charge is 0.237 e. The van der Waals surface area contributed by atoms with Crippen LogP contribution in [0.25, 0.3) is 49.2 Å². The maximum atomic E-state index is 7.99. The van der Waals surface area contributed by atoms with Crippen LogP contribution < -0.4 is 9.75 Å². The molecule has 3 nitrogen and oxygen atoms in total.